The maximum absolute atomic E-state index is 9.63. The molecule has 3 fully saturated rings. The first kappa shape index (κ1) is 20.3. The third-order valence-corrected chi connectivity index (χ3v) is 9.02. The number of allylic oxidation sites excluding steroid dienone is 2. The first-order chi connectivity index (χ1) is 15.2. The molecule has 4 nitrogen and oxygen atoms in total. The molecule has 2 atom stereocenters. The lowest BCUT2D eigenvalue weighted by Gasteiger charge is -2.50. The normalized spacial score (nSPS) is 31.7. The molecule has 4 aliphatic carbocycles. The molecule has 5 aliphatic rings. The van der Waals surface area contributed by atoms with Crippen LogP contribution in [0, 0.1) is 11.3 Å². The van der Waals surface area contributed by atoms with Crippen molar-refractivity contribution < 1.29 is 19.3 Å². The molecule has 0 unspecified atom stereocenters. The zero-order valence-corrected chi connectivity index (χ0v) is 18.7. The number of benzene rings is 1. The summed E-state index contributed by atoms with van der Waals surface area (Å²) in [6.45, 7) is 1.68. The minimum atomic E-state index is -0.412. The fourth-order valence-electron chi connectivity index (χ4n) is 7.73. The molecule has 168 valence electrons. The zero-order valence-electron chi connectivity index (χ0n) is 18.7. The Kier molecular flexibility index (Phi) is 5.16. The number of fused-ring (bicyclic) bond motifs is 5. The standard InChI is InChI=1S/C27H36O4/c28-15-3-12-26-13-10-23-22-9-7-21(31-20-4-1-2-5-20)18-19(22)6-8-24(23)25(26)11-14-27(26)29-16-17-30-27/h7,9,18,20,25,28H,1-6,8,10-17H2/t25-,26-/m0/s1. The lowest BCUT2D eigenvalue weighted by atomic mass is 9.59. The van der Waals surface area contributed by atoms with Gasteiger partial charge in [0.25, 0.3) is 0 Å². The summed E-state index contributed by atoms with van der Waals surface area (Å²) in [5, 5.41) is 9.63. The second kappa shape index (κ2) is 7.90. The van der Waals surface area contributed by atoms with Crippen LogP contribution in [0.25, 0.3) is 5.57 Å². The Labute approximate surface area is 186 Å². The van der Waals surface area contributed by atoms with Crippen LogP contribution >= 0.6 is 0 Å². The van der Waals surface area contributed by atoms with Crippen molar-refractivity contribution in [1.29, 1.82) is 0 Å². The van der Waals surface area contributed by atoms with E-state index in [1.54, 1.807) is 11.1 Å². The van der Waals surface area contributed by atoms with Crippen molar-refractivity contribution >= 4 is 5.57 Å². The van der Waals surface area contributed by atoms with Gasteiger partial charge in [0.1, 0.15) is 5.75 Å². The average molecular weight is 425 g/mol. The van der Waals surface area contributed by atoms with Gasteiger partial charge in [0.2, 0.25) is 0 Å². The first-order valence-corrected chi connectivity index (χ1v) is 12.7. The molecule has 4 heteroatoms. The summed E-state index contributed by atoms with van der Waals surface area (Å²) in [6.07, 6.45) is 13.9. The summed E-state index contributed by atoms with van der Waals surface area (Å²) in [4.78, 5) is 0. The van der Waals surface area contributed by atoms with Crippen LogP contribution in [-0.4, -0.2) is 36.8 Å². The lowest BCUT2D eigenvalue weighted by molar-refractivity contribution is -0.234. The molecule has 1 aliphatic heterocycles. The number of aryl methyl sites for hydroxylation is 1. The highest BCUT2D eigenvalue weighted by Gasteiger charge is 2.64. The average Bonchev–Trinajstić information content (AvgIpc) is 3.54. The fourth-order valence-corrected chi connectivity index (χ4v) is 7.73. The van der Waals surface area contributed by atoms with Gasteiger partial charge in [-0.2, -0.15) is 0 Å². The van der Waals surface area contributed by atoms with E-state index in [0.717, 1.165) is 57.1 Å². The molecular weight excluding hydrogens is 388 g/mol. The topological polar surface area (TPSA) is 47.9 Å². The molecule has 6 rings (SSSR count). The summed E-state index contributed by atoms with van der Waals surface area (Å²) < 4.78 is 19.0. The Morgan fingerprint density at radius 1 is 1.00 bits per heavy atom. The smallest absolute Gasteiger partial charge is 0.174 e. The maximum atomic E-state index is 9.63. The Bertz CT molecular complexity index is 862. The van der Waals surface area contributed by atoms with Crippen molar-refractivity contribution in [3.8, 4) is 5.75 Å². The minimum Gasteiger partial charge on any atom is -0.490 e. The van der Waals surface area contributed by atoms with E-state index in [-0.39, 0.29) is 12.0 Å². The second-order valence-electron chi connectivity index (χ2n) is 10.4. The van der Waals surface area contributed by atoms with Gasteiger partial charge in [-0.15, -0.1) is 0 Å². The Hall–Kier alpha value is -1.36. The van der Waals surface area contributed by atoms with Crippen molar-refractivity contribution in [3.63, 3.8) is 0 Å². The van der Waals surface area contributed by atoms with Gasteiger partial charge in [-0.25, -0.2) is 0 Å². The van der Waals surface area contributed by atoms with Crippen LogP contribution < -0.4 is 4.74 Å². The van der Waals surface area contributed by atoms with Gasteiger partial charge in [0.15, 0.2) is 5.79 Å². The number of rotatable bonds is 5. The molecule has 2 saturated carbocycles. The van der Waals surface area contributed by atoms with Gasteiger partial charge >= 0.3 is 0 Å². The van der Waals surface area contributed by atoms with E-state index in [9.17, 15) is 5.11 Å². The van der Waals surface area contributed by atoms with Crippen molar-refractivity contribution in [2.75, 3.05) is 19.8 Å². The van der Waals surface area contributed by atoms with Gasteiger partial charge in [-0.05, 0) is 105 Å². The highest BCUT2D eigenvalue weighted by atomic mass is 16.7. The molecule has 1 saturated heterocycles. The van der Waals surface area contributed by atoms with E-state index >= 15 is 0 Å². The second-order valence-corrected chi connectivity index (χ2v) is 10.4. The van der Waals surface area contributed by atoms with E-state index in [4.69, 9.17) is 14.2 Å². The summed E-state index contributed by atoms with van der Waals surface area (Å²) in [7, 11) is 0. The number of aliphatic hydroxyl groups excluding tert-OH is 1. The van der Waals surface area contributed by atoms with Crippen molar-refractivity contribution in [2.45, 2.75) is 88.9 Å². The molecule has 1 aromatic carbocycles. The number of ether oxygens (including phenoxy) is 3. The lowest BCUT2D eigenvalue weighted by Crippen LogP contribution is -2.50. The zero-order chi connectivity index (χ0) is 20.9. The summed E-state index contributed by atoms with van der Waals surface area (Å²) in [6, 6.07) is 6.87. The van der Waals surface area contributed by atoms with Crippen LogP contribution in [0.4, 0.5) is 0 Å². The van der Waals surface area contributed by atoms with Crippen LogP contribution in [0.15, 0.2) is 23.8 Å². The molecule has 0 radical (unpaired) electrons. The number of hydrogen-bond donors (Lipinski definition) is 1. The summed E-state index contributed by atoms with van der Waals surface area (Å²) in [5.74, 6) is 1.18. The molecule has 1 N–H and O–H groups in total. The number of hydrogen-bond acceptors (Lipinski definition) is 4. The van der Waals surface area contributed by atoms with E-state index < -0.39 is 5.79 Å². The third kappa shape index (κ3) is 3.13. The predicted octanol–water partition coefficient (Wildman–Crippen LogP) is 5.41. The largest absolute Gasteiger partial charge is 0.490 e. The highest BCUT2D eigenvalue weighted by Crippen LogP contribution is 2.66. The van der Waals surface area contributed by atoms with Gasteiger partial charge in [0, 0.05) is 18.4 Å². The number of aliphatic hydroxyl groups is 1. The molecule has 0 aromatic heterocycles. The SMILES string of the molecule is OCCC[C@]12CCC3=C(CCc4cc(OC5CCCC5)ccc43)[C@@H]1CCC21OCCO1. The van der Waals surface area contributed by atoms with E-state index in [1.165, 1.54) is 36.8 Å². The fraction of sp³-hybridized carbons (Fsp3) is 0.704. The van der Waals surface area contributed by atoms with Gasteiger partial charge in [-0.1, -0.05) is 11.6 Å². The highest BCUT2D eigenvalue weighted by molar-refractivity contribution is 5.75. The van der Waals surface area contributed by atoms with Crippen LogP contribution in [0.1, 0.15) is 81.8 Å². The Morgan fingerprint density at radius 3 is 2.65 bits per heavy atom. The summed E-state index contributed by atoms with van der Waals surface area (Å²) >= 11 is 0. The summed E-state index contributed by atoms with van der Waals surface area (Å²) in [5.41, 5.74) is 6.22. The molecule has 1 aromatic rings. The third-order valence-electron chi connectivity index (χ3n) is 9.02. The predicted molar refractivity (Wildman–Crippen MR) is 120 cm³/mol. The van der Waals surface area contributed by atoms with Gasteiger partial charge in [0.05, 0.1) is 19.3 Å². The van der Waals surface area contributed by atoms with Crippen LogP contribution in [0.5, 0.6) is 5.75 Å². The molecule has 1 heterocycles. The van der Waals surface area contributed by atoms with Crippen molar-refractivity contribution in [2.24, 2.45) is 11.3 Å². The molecule has 1 spiro atoms. The molecule has 31 heavy (non-hydrogen) atoms. The van der Waals surface area contributed by atoms with E-state index in [1.807, 2.05) is 0 Å². The van der Waals surface area contributed by atoms with E-state index in [2.05, 4.69) is 18.2 Å². The van der Waals surface area contributed by atoms with Gasteiger partial charge in [-0.3, -0.25) is 0 Å². The molecule has 0 amide bonds. The van der Waals surface area contributed by atoms with Crippen LogP contribution in [-0.2, 0) is 15.9 Å². The first-order valence-electron chi connectivity index (χ1n) is 12.7. The Morgan fingerprint density at radius 2 is 1.84 bits per heavy atom. The minimum absolute atomic E-state index is 0.0358. The molecular formula is C27H36O4. The van der Waals surface area contributed by atoms with Gasteiger partial charge < -0.3 is 19.3 Å². The van der Waals surface area contributed by atoms with Crippen molar-refractivity contribution in [3.05, 3.63) is 34.9 Å². The van der Waals surface area contributed by atoms with Crippen molar-refractivity contribution in [1.82, 2.24) is 0 Å². The quantitative estimate of drug-likeness (QED) is 0.686. The monoisotopic (exact) mass is 424 g/mol. The van der Waals surface area contributed by atoms with Crippen LogP contribution in [0.3, 0.4) is 0 Å². The van der Waals surface area contributed by atoms with Crippen LogP contribution in [0.2, 0.25) is 0 Å². The maximum Gasteiger partial charge on any atom is 0.174 e. The Balaban J connectivity index is 1.32. The molecule has 0 bridgehead atoms. The van der Waals surface area contributed by atoms with E-state index in [0.29, 0.717) is 25.2 Å².